The van der Waals surface area contributed by atoms with Gasteiger partial charge < -0.3 is 4.40 Å². The molecule has 0 bridgehead atoms. The van der Waals surface area contributed by atoms with Gasteiger partial charge in [-0.05, 0) is 36.4 Å². The van der Waals surface area contributed by atoms with Gasteiger partial charge in [0.05, 0.1) is 17.2 Å². The van der Waals surface area contributed by atoms with E-state index >= 15 is 0 Å². The summed E-state index contributed by atoms with van der Waals surface area (Å²) in [5.74, 6) is 0. The molecule has 0 atom stereocenters. The van der Waals surface area contributed by atoms with Gasteiger partial charge >= 0.3 is 0 Å². The first-order valence-corrected chi connectivity index (χ1v) is 10.1. The summed E-state index contributed by atoms with van der Waals surface area (Å²) < 4.78 is 4.29. The van der Waals surface area contributed by atoms with Gasteiger partial charge in [0.2, 0.25) is 0 Å². The SMILES string of the molecule is Brc1ccc2nc(=NN=Cc3csc4ccccc34)c3cccn3cc2c1. The first kappa shape index (κ1) is 16.4. The highest BCUT2D eigenvalue weighted by molar-refractivity contribution is 9.10. The Balaban J connectivity index is 1.68. The van der Waals surface area contributed by atoms with Crippen LogP contribution in [0.2, 0.25) is 0 Å². The molecular formula is C21H13BrN4S. The molecule has 0 amide bonds. The molecule has 0 radical (unpaired) electrons. The van der Waals surface area contributed by atoms with Crippen LogP contribution in [-0.2, 0) is 0 Å². The second-order valence-corrected chi connectivity index (χ2v) is 7.93. The minimum Gasteiger partial charge on any atom is -0.320 e. The molecule has 0 saturated heterocycles. The van der Waals surface area contributed by atoms with E-state index in [0.29, 0.717) is 5.49 Å². The van der Waals surface area contributed by atoms with Crippen molar-refractivity contribution in [3.8, 4) is 0 Å². The molecule has 3 aromatic heterocycles. The molecule has 0 unspecified atom stereocenters. The van der Waals surface area contributed by atoms with E-state index in [1.165, 1.54) is 10.1 Å². The van der Waals surface area contributed by atoms with Crippen LogP contribution in [0.3, 0.4) is 0 Å². The Bertz CT molecular complexity index is 1400. The van der Waals surface area contributed by atoms with E-state index in [9.17, 15) is 0 Å². The first-order chi connectivity index (χ1) is 13.3. The summed E-state index contributed by atoms with van der Waals surface area (Å²) in [5, 5.41) is 13.1. The third-order valence-electron chi connectivity index (χ3n) is 4.36. The van der Waals surface area contributed by atoms with Crippen molar-refractivity contribution in [2.45, 2.75) is 0 Å². The van der Waals surface area contributed by atoms with Crippen molar-refractivity contribution in [3.63, 3.8) is 0 Å². The molecule has 6 heteroatoms. The fourth-order valence-corrected chi connectivity index (χ4v) is 4.36. The second kappa shape index (κ2) is 6.72. The van der Waals surface area contributed by atoms with Crippen molar-refractivity contribution in [2.24, 2.45) is 10.2 Å². The van der Waals surface area contributed by atoms with E-state index in [-0.39, 0.29) is 0 Å². The van der Waals surface area contributed by atoms with Crippen molar-refractivity contribution < 1.29 is 0 Å². The lowest BCUT2D eigenvalue weighted by Crippen LogP contribution is -2.06. The Kier molecular flexibility index (Phi) is 4.07. The van der Waals surface area contributed by atoms with Crippen LogP contribution in [0, 0.1) is 0 Å². The molecule has 4 nitrogen and oxygen atoms in total. The van der Waals surface area contributed by atoms with Gasteiger partial charge in [-0.1, -0.05) is 34.1 Å². The van der Waals surface area contributed by atoms with Gasteiger partial charge in [0.15, 0.2) is 5.49 Å². The van der Waals surface area contributed by atoms with Crippen LogP contribution in [0.25, 0.3) is 26.5 Å². The van der Waals surface area contributed by atoms with Crippen LogP contribution >= 0.6 is 27.3 Å². The summed E-state index contributed by atoms with van der Waals surface area (Å²) in [6, 6.07) is 18.3. The number of thiophene rings is 1. The number of aromatic nitrogens is 2. The Morgan fingerprint density at radius 2 is 2.00 bits per heavy atom. The summed E-state index contributed by atoms with van der Waals surface area (Å²) >= 11 is 5.23. The zero-order valence-corrected chi connectivity index (χ0v) is 16.5. The molecule has 130 valence electrons. The summed E-state index contributed by atoms with van der Waals surface area (Å²) in [6.45, 7) is 0. The van der Waals surface area contributed by atoms with E-state index in [0.717, 1.165) is 26.5 Å². The molecule has 27 heavy (non-hydrogen) atoms. The maximum atomic E-state index is 4.74. The Morgan fingerprint density at radius 1 is 1.07 bits per heavy atom. The number of benzene rings is 2. The number of hydrogen-bond acceptors (Lipinski definition) is 4. The van der Waals surface area contributed by atoms with Gasteiger partial charge in [0.1, 0.15) is 0 Å². The van der Waals surface area contributed by atoms with Crippen LogP contribution < -0.4 is 5.49 Å². The van der Waals surface area contributed by atoms with Crippen molar-refractivity contribution >= 4 is 60.0 Å². The molecule has 0 N–H and O–H groups in total. The number of fused-ring (bicyclic) bond motifs is 3. The average molecular weight is 433 g/mol. The summed E-state index contributed by atoms with van der Waals surface area (Å²) in [6.07, 6.45) is 5.84. The molecule has 0 spiro atoms. The van der Waals surface area contributed by atoms with Gasteiger partial charge in [-0.15, -0.1) is 16.4 Å². The Labute approximate surface area is 167 Å². The molecule has 2 aromatic carbocycles. The normalized spacial score (nSPS) is 12.7. The monoisotopic (exact) mass is 432 g/mol. The summed E-state index contributed by atoms with van der Waals surface area (Å²) in [5.41, 5.74) is 3.44. The molecule has 3 heterocycles. The second-order valence-electron chi connectivity index (χ2n) is 6.10. The minimum atomic E-state index is 0.591. The van der Waals surface area contributed by atoms with E-state index < -0.39 is 0 Å². The molecular weight excluding hydrogens is 420 g/mol. The molecule has 0 aliphatic heterocycles. The zero-order chi connectivity index (χ0) is 18.2. The van der Waals surface area contributed by atoms with Crippen LogP contribution in [0.15, 0.2) is 87.0 Å². The van der Waals surface area contributed by atoms with Gasteiger partial charge in [-0.25, -0.2) is 4.98 Å². The Morgan fingerprint density at radius 3 is 2.96 bits per heavy atom. The van der Waals surface area contributed by atoms with Crippen molar-refractivity contribution in [2.75, 3.05) is 0 Å². The highest BCUT2D eigenvalue weighted by Gasteiger charge is 2.02. The molecule has 0 saturated carbocycles. The number of nitrogens with zero attached hydrogens (tertiary/aromatic N) is 4. The van der Waals surface area contributed by atoms with E-state index in [2.05, 4.69) is 49.8 Å². The number of rotatable bonds is 2. The lowest BCUT2D eigenvalue weighted by Gasteiger charge is -1.92. The molecule has 0 fully saturated rings. The van der Waals surface area contributed by atoms with Crippen LogP contribution in [0.4, 0.5) is 0 Å². The topological polar surface area (TPSA) is 42.0 Å². The highest BCUT2D eigenvalue weighted by Crippen LogP contribution is 2.24. The fraction of sp³-hybridized carbons (Fsp3) is 0. The predicted molar refractivity (Wildman–Crippen MR) is 115 cm³/mol. The highest BCUT2D eigenvalue weighted by atomic mass is 79.9. The quantitative estimate of drug-likeness (QED) is 0.272. The van der Waals surface area contributed by atoms with Crippen molar-refractivity contribution in [1.82, 2.24) is 9.38 Å². The maximum absolute atomic E-state index is 4.74. The van der Waals surface area contributed by atoms with E-state index in [4.69, 9.17) is 4.98 Å². The molecule has 5 aromatic rings. The van der Waals surface area contributed by atoms with Crippen LogP contribution in [-0.4, -0.2) is 15.6 Å². The van der Waals surface area contributed by atoms with Gasteiger partial charge in [0.25, 0.3) is 0 Å². The lowest BCUT2D eigenvalue weighted by molar-refractivity contribution is 1.07. The van der Waals surface area contributed by atoms with Crippen molar-refractivity contribution in [3.05, 3.63) is 87.9 Å². The fourth-order valence-electron chi connectivity index (χ4n) is 3.07. The van der Waals surface area contributed by atoms with Crippen LogP contribution in [0.5, 0.6) is 0 Å². The summed E-state index contributed by atoms with van der Waals surface area (Å²) in [4.78, 5) is 4.74. The number of hydrogen-bond donors (Lipinski definition) is 0. The van der Waals surface area contributed by atoms with Crippen LogP contribution in [0.1, 0.15) is 5.56 Å². The molecule has 0 aliphatic carbocycles. The van der Waals surface area contributed by atoms with Gasteiger partial charge in [0, 0.05) is 43.3 Å². The molecule has 5 rings (SSSR count). The number of halogens is 1. The van der Waals surface area contributed by atoms with E-state index in [1.54, 1.807) is 17.6 Å². The lowest BCUT2D eigenvalue weighted by atomic mass is 10.2. The minimum absolute atomic E-state index is 0.591. The smallest absolute Gasteiger partial charge is 0.199 e. The van der Waals surface area contributed by atoms with Gasteiger partial charge in [-0.3, -0.25) is 0 Å². The largest absolute Gasteiger partial charge is 0.320 e. The Hall–Kier alpha value is -2.83. The van der Waals surface area contributed by atoms with E-state index in [1.807, 2.05) is 53.1 Å². The maximum Gasteiger partial charge on any atom is 0.199 e. The predicted octanol–water partition coefficient (Wildman–Crippen LogP) is 5.40. The molecule has 0 aliphatic rings. The third kappa shape index (κ3) is 3.07. The first-order valence-electron chi connectivity index (χ1n) is 8.38. The summed E-state index contributed by atoms with van der Waals surface area (Å²) in [7, 11) is 0. The van der Waals surface area contributed by atoms with Crippen molar-refractivity contribution in [1.29, 1.82) is 0 Å². The van der Waals surface area contributed by atoms with Gasteiger partial charge in [-0.2, -0.15) is 5.10 Å². The zero-order valence-electron chi connectivity index (χ0n) is 14.1. The average Bonchev–Trinajstić information content (AvgIpc) is 3.27. The standard InChI is InChI=1S/C21H13BrN4S/c22-16-7-8-18-14(10-16)12-26-9-3-5-19(26)21(24-18)25-23-11-15-13-27-20-6-2-1-4-17(15)20/h1-13H. The third-order valence-corrected chi connectivity index (χ3v) is 5.84.